The minimum atomic E-state index is -3.02. The first kappa shape index (κ1) is 14.3. The molecule has 1 aliphatic heterocycles. The molecule has 0 aliphatic carbocycles. The van der Waals surface area contributed by atoms with E-state index in [0.29, 0.717) is 30.8 Å². The van der Waals surface area contributed by atoms with Gasteiger partial charge in [0.15, 0.2) is 0 Å². The van der Waals surface area contributed by atoms with Crippen molar-refractivity contribution in [3.63, 3.8) is 0 Å². The topological polar surface area (TPSA) is 37.4 Å². The Morgan fingerprint density at radius 1 is 1.44 bits per heavy atom. The molecular formula is C11H22ClNO2S. The van der Waals surface area contributed by atoms with Crippen LogP contribution < -0.4 is 0 Å². The molecule has 1 aliphatic rings. The first-order chi connectivity index (χ1) is 7.45. The Labute approximate surface area is 104 Å². The molecule has 0 aromatic carbocycles. The van der Waals surface area contributed by atoms with Gasteiger partial charge in [-0.25, -0.2) is 12.7 Å². The summed E-state index contributed by atoms with van der Waals surface area (Å²) < 4.78 is 25.6. The van der Waals surface area contributed by atoms with Gasteiger partial charge in [0.25, 0.3) is 0 Å². The number of halogens is 1. The lowest BCUT2D eigenvalue weighted by molar-refractivity contribution is 0.449. The summed E-state index contributed by atoms with van der Waals surface area (Å²) in [5, 5.41) is 0. The summed E-state index contributed by atoms with van der Waals surface area (Å²) in [6.45, 7) is 5.46. The zero-order valence-electron chi connectivity index (χ0n) is 10.2. The van der Waals surface area contributed by atoms with Crippen LogP contribution in [0.1, 0.15) is 33.1 Å². The van der Waals surface area contributed by atoms with E-state index < -0.39 is 10.0 Å². The molecule has 0 N–H and O–H groups in total. The molecule has 1 unspecified atom stereocenters. The molecule has 1 saturated heterocycles. The van der Waals surface area contributed by atoms with E-state index in [1.807, 2.05) is 0 Å². The highest BCUT2D eigenvalue weighted by Gasteiger charge is 2.30. The van der Waals surface area contributed by atoms with Crippen molar-refractivity contribution in [2.75, 3.05) is 24.7 Å². The maximum Gasteiger partial charge on any atom is 0.214 e. The minimum Gasteiger partial charge on any atom is -0.212 e. The fourth-order valence-electron chi connectivity index (χ4n) is 1.95. The van der Waals surface area contributed by atoms with E-state index in [-0.39, 0.29) is 5.75 Å². The number of sulfonamides is 1. The number of rotatable bonds is 6. The van der Waals surface area contributed by atoms with Gasteiger partial charge in [0.05, 0.1) is 5.75 Å². The summed E-state index contributed by atoms with van der Waals surface area (Å²) in [6, 6.07) is 0. The van der Waals surface area contributed by atoms with E-state index in [0.717, 1.165) is 19.3 Å². The van der Waals surface area contributed by atoms with Gasteiger partial charge in [-0.05, 0) is 31.1 Å². The summed E-state index contributed by atoms with van der Waals surface area (Å²) >= 11 is 5.68. The summed E-state index contributed by atoms with van der Waals surface area (Å²) in [4.78, 5) is 0. The standard InChI is InChI=1S/C11H22ClNO2S/c1-10(2)5-8-16(14,15)13-7-4-11(9-13)3-6-12/h10-11H,3-9H2,1-2H3. The largest absolute Gasteiger partial charge is 0.214 e. The molecule has 5 heteroatoms. The van der Waals surface area contributed by atoms with E-state index in [9.17, 15) is 8.42 Å². The molecule has 0 amide bonds. The molecule has 0 spiro atoms. The number of nitrogens with zero attached hydrogens (tertiary/aromatic N) is 1. The van der Waals surface area contributed by atoms with Crippen molar-refractivity contribution in [2.45, 2.75) is 33.1 Å². The average Bonchev–Trinajstić information content (AvgIpc) is 2.65. The fraction of sp³-hybridized carbons (Fsp3) is 1.00. The highest BCUT2D eigenvalue weighted by Crippen LogP contribution is 2.23. The molecular weight excluding hydrogens is 246 g/mol. The van der Waals surface area contributed by atoms with Crippen molar-refractivity contribution < 1.29 is 8.42 Å². The average molecular weight is 268 g/mol. The molecule has 3 nitrogen and oxygen atoms in total. The summed E-state index contributed by atoms with van der Waals surface area (Å²) in [6.07, 6.45) is 2.64. The van der Waals surface area contributed by atoms with Gasteiger partial charge < -0.3 is 0 Å². The Balaban J connectivity index is 2.45. The molecule has 96 valence electrons. The van der Waals surface area contributed by atoms with Gasteiger partial charge >= 0.3 is 0 Å². The molecule has 0 saturated carbocycles. The van der Waals surface area contributed by atoms with Crippen LogP contribution in [0.3, 0.4) is 0 Å². The zero-order chi connectivity index (χ0) is 12.2. The van der Waals surface area contributed by atoms with E-state index in [4.69, 9.17) is 11.6 Å². The maximum atomic E-state index is 12.0. The predicted molar refractivity (Wildman–Crippen MR) is 68.3 cm³/mol. The number of alkyl halides is 1. The van der Waals surface area contributed by atoms with Crippen LogP contribution in [0.5, 0.6) is 0 Å². The third kappa shape index (κ3) is 4.22. The Kier molecular flexibility index (Phi) is 5.54. The SMILES string of the molecule is CC(C)CCS(=O)(=O)N1CCC(CCCl)C1. The van der Waals surface area contributed by atoms with E-state index in [1.54, 1.807) is 4.31 Å². The monoisotopic (exact) mass is 267 g/mol. The first-order valence-corrected chi connectivity index (χ1v) is 8.14. The lowest BCUT2D eigenvalue weighted by Crippen LogP contribution is -2.31. The molecule has 0 radical (unpaired) electrons. The van der Waals surface area contributed by atoms with Crippen molar-refractivity contribution in [1.29, 1.82) is 0 Å². The van der Waals surface area contributed by atoms with E-state index in [1.165, 1.54) is 0 Å². The molecule has 1 rings (SSSR count). The Bertz CT molecular complexity index is 303. The summed E-state index contributed by atoms with van der Waals surface area (Å²) in [5.74, 6) is 1.82. The normalized spacial score (nSPS) is 23.1. The van der Waals surface area contributed by atoms with Gasteiger partial charge in [0.1, 0.15) is 0 Å². The van der Waals surface area contributed by atoms with Crippen LogP contribution in [0.4, 0.5) is 0 Å². The van der Waals surface area contributed by atoms with E-state index in [2.05, 4.69) is 13.8 Å². The Morgan fingerprint density at radius 2 is 2.12 bits per heavy atom. The molecule has 0 aromatic heterocycles. The van der Waals surface area contributed by atoms with Crippen LogP contribution in [0.15, 0.2) is 0 Å². The smallest absolute Gasteiger partial charge is 0.212 e. The fourth-order valence-corrected chi connectivity index (χ4v) is 4.11. The predicted octanol–water partition coefficient (Wildman–Crippen LogP) is 2.31. The molecule has 1 fully saturated rings. The first-order valence-electron chi connectivity index (χ1n) is 5.99. The van der Waals surface area contributed by atoms with Gasteiger partial charge in [-0.1, -0.05) is 13.8 Å². The summed E-state index contributed by atoms with van der Waals surface area (Å²) in [5.41, 5.74) is 0. The van der Waals surface area contributed by atoms with Crippen molar-refractivity contribution in [1.82, 2.24) is 4.31 Å². The molecule has 0 bridgehead atoms. The van der Waals surface area contributed by atoms with Crippen LogP contribution in [0.2, 0.25) is 0 Å². The third-order valence-electron chi connectivity index (χ3n) is 3.11. The van der Waals surface area contributed by atoms with Gasteiger partial charge in [0.2, 0.25) is 10.0 Å². The van der Waals surface area contributed by atoms with Crippen LogP contribution in [0.25, 0.3) is 0 Å². The molecule has 1 heterocycles. The van der Waals surface area contributed by atoms with Gasteiger partial charge in [-0.2, -0.15) is 0 Å². The van der Waals surface area contributed by atoms with Gasteiger partial charge in [-0.15, -0.1) is 11.6 Å². The quantitative estimate of drug-likeness (QED) is 0.693. The van der Waals surface area contributed by atoms with Gasteiger partial charge in [-0.3, -0.25) is 0 Å². The second-order valence-corrected chi connectivity index (χ2v) is 7.46. The molecule has 0 aromatic rings. The van der Waals surface area contributed by atoms with E-state index >= 15 is 0 Å². The number of hydrogen-bond acceptors (Lipinski definition) is 2. The Hall–Kier alpha value is 0.200. The number of hydrogen-bond donors (Lipinski definition) is 0. The minimum absolute atomic E-state index is 0.290. The molecule has 1 atom stereocenters. The van der Waals surface area contributed by atoms with Crippen molar-refractivity contribution >= 4 is 21.6 Å². The third-order valence-corrected chi connectivity index (χ3v) is 5.20. The maximum absolute atomic E-state index is 12.0. The van der Waals surface area contributed by atoms with Crippen LogP contribution >= 0.6 is 11.6 Å². The summed E-state index contributed by atoms with van der Waals surface area (Å²) in [7, 11) is -3.02. The van der Waals surface area contributed by atoms with Crippen LogP contribution in [-0.2, 0) is 10.0 Å². The lowest BCUT2D eigenvalue weighted by Gasteiger charge is -2.17. The second kappa shape index (κ2) is 6.22. The zero-order valence-corrected chi connectivity index (χ0v) is 11.7. The van der Waals surface area contributed by atoms with Crippen molar-refractivity contribution in [3.05, 3.63) is 0 Å². The Morgan fingerprint density at radius 3 is 2.69 bits per heavy atom. The van der Waals surface area contributed by atoms with Crippen LogP contribution in [0, 0.1) is 11.8 Å². The van der Waals surface area contributed by atoms with Crippen LogP contribution in [-0.4, -0.2) is 37.4 Å². The second-order valence-electron chi connectivity index (χ2n) is 4.99. The molecule has 16 heavy (non-hydrogen) atoms. The van der Waals surface area contributed by atoms with Crippen molar-refractivity contribution in [3.8, 4) is 0 Å². The van der Waals surface area contributed by atoms with Crippen molar-refractivity contribution in [2.24, 2.45) is 11.8 Å². The highest BCUT2D eigenvalue weighted by molar-refractivity contribution is 7.89. The highest BCUT2D eigenvalue weighted by atomic mass is 35.5. The van der Waals surface area contributed by atoms with Gasteiger partial charge in [0, 0.05) is 19.0 Å². The lowest BCUT2D eigenvalue weighted by atomic mass is 10.1.